The normalized spacial score (nSPS) is 13.0. The Morgan fingerprint density at radius 3 is 2.79 bits per heavy atom. The molecule has 0 amide bonds. The zero-order valence-electron chi connectivity index (χ0n) is 6.86. The Labute approximate surface area is 104 Å². The monoisotopic (exact) mass is 200 g/mol. The number of carbonyl (C=O) groups is 1. The van der Waals surface area contributed by atoms with Gasteiger partial charge in [0.1, 0.15) is 12.4 Å². The molecule has 1 aliphatic heterocycles. The van der Waals surface area contributed by atoms with Gasteiger partial charge in [-0.15, -0.1) is 0 Å². The van der Waals surface area contributed by atoms with Gasteiger partial charge in [0.15, 0.2) is 0 Å². The Morgan fingerprint density at radius 1 is 1.36 bits per heavy atom. The van der Waals surface area contributed by atoms with Crippen LogP contribution >= 0.6 is 0 Å². The average molecular weight is 200 g/mol. The molecule has 0 saturated heterocycles. The molecule has 0 unspecified atom stereocenters. The SMILES string of the molecule is O=C(O)C1=Cc2ccccc2OC1.[NaH]. The van der Waals surface area contributed by atoms with E-state index >= 15 is 0 Å². The summed E-state index contributed by atoms with van der Waals surface area (Å²) in [4.78, 5) is 10.6. The zero-order chi connectivity index (χ0) is 9.26. The van der Waals surface area contributed by atoms with E-state index in [-0.39, 0.29) is 36.2 Å². The van der Waals surface area contributed by atoms with E-state index in [1.807, 2.05) is 24.3 Å². The fraction of sp³-hybridized carbons (Fsp3) is 0.100. The summed E-state index contributed by atoms with van der Waals surface area (Å²) in [5.41, 5.74) is 1.12. The van der Waals surface area contributed by atoms with Gasteiger partial charge in [0, 0.05) is 5.56 Å². The number of fused-ring (bicyclic) bond motifs is 1. The Morgan fingerprint density at radius 2 is 2.07 bits per heavy atom. The summed E-state index contributed by atoms with van der Waals surface area (Å²) in [6.07, 6.45) is 1.64. The van der Waals surface area contributed by atoms with Gasteiger partial charge in [0.2, 0.25) is 0 Å². The van der Waals surface area contributed by atoms with Crippen LogP contribution in [0.2, 0.25) is 0 Å². The van der Waals surface area contributed by atoms with Gasteiger partial charge < -0.3 is 9.84 Å². The molecule has 0 fully saturated rings. The number of carboxylic acid groups (broad SMARTS) is 1. The van der Waals surface area contributed by atoms with Crippen LogP contribution in [0.4, 0.5) is 0 Å². The second-order valence-corrected chi connectivity index (χ2v) is 2.80. The van der Waals surface area contributed by atoms with Crippen LogP contribution in [0.25, 0.3) is 6.08 Å². The summed E-state index contributed by atoms with van der Waals surface area (Å²) < 4.78 is 5.25. The van der Waals surface area contributed by atoms with Gasteiger partial charge in [0.25, 0.3) is 0 Å². The number of hydrogen-bond donors (Lipinski definition) is 1. The molecule has 1 N–H and O–H groups in total. The average Bonchev–Trinajstić information content (AvgIpc) is 2.17. The molecule has 0 atom stereocenters. The van der Waals surface area contributed by atoms with E-state index in [0.717, 1.165) is 11.3 Å². The van der Waals surface area contributed by atoms with Crippen molar-refractivity contribution in [3.05, 3.63) is 35.4 Å². The third-order valence-electron chi connectivity index (χ3n) is 1.91. The predicted octanol–water partition coefficient (Wildman–Crippen LogP) is 0.899. The summed E-state index contributed by atoms with van der Waals surface area (Å²) in [7, 11) is 0. The van der Waals surface area contributed by atoms with E-state index in [2.05, 4.69) is 0 Å². The first kappa shape index (κ1) is 11.3. The van der Waals surface area contributed by atoms with Gasteiger partial charge in [0.05, 0.1) is 5.57 Å². The molecule has 1 aliphatic rings. The number of ether oxygens (including phenoxy) is 1. The van der Waals surface area contributed by atoms with E-state index in [4.69, 9.17) is 9.84 Å². The van der Waals surface area contributed by atoms with Crippen LogP contribution in [-0.4, -0.2) is 47.2 Å². The minimum atomic E-state index is -0.922. The molecule has 2 rings (SSSR count). The third-order valence-corrected chi connectivity index (χ3v) is 1.91. The van der Waals surface area contributed by atoms with Gasteiger partial charge in [-0.2, -0.15) is 0 Å². The zero-order valence-corrected chi connectivity index (χ0v) is 6.86. The summed E-state index contributed by atoms with van der Waals surface area (Å²) in [6, 6.07) is 7.36. The van der Waals surface area contributed by atoms with E-state index in [0.29, 0.717) is 5.57 Å². The molecule has 0 aromatic heterocycles. The van der Waals surface area contributed by atoms with Crippen molar-refractivity contribution in [3.8, 4) is 5.75 Å². The van der Waals surface area contributed by atoms with Gasteiger partial charge in [-0.1, -0.05) is 18.2 Å². The topological polar surface area (TPSA) is 46.5 Å². The van der Waals surface area contributed by atoms with Crippen molar-refractivity contribution in [2.45, 2.75) is 0 Å². The van der Waals surface area contributed by atoms with E-state index in [1.54, 1.807) is 6.08 Å². The van der Waals surface area contributed by atoms with Crippen LogP contribution in [0.15, 0.2) is 29.8 Å². The van der Waals surface area contributed by atoms with Gasteiger partial charge in [-0.3, -0.25) is 0 Å². The van der Waals surface area contributed by atoms with Crippen molar-refractivity contribution in [3.63, 3.8) is 0 Å². The van der Waals surface area contributed by atoms with E-state index in [9.17, 15) is 4.79 Å². The van der Waals surface area contributed by atoms with Crippen LogP contribution in [-0.2, 0) is 4.79 Å². The molecule has 1 aromatic carbocycles. The van der Waals surface area contributed by atoms with Crippen molar-refractivity contribution in [2.75, 3.05) is 6.61 Å². The van der Waals surface area contributed by atoms with Crippen molar-refractivity contribution in [2.24, 2.45) is 0 Å². The molecule has 1 aromatic rings. The molecule has 4 heteroatoms. The number of rotatable bonds is 1. The summed E-state index contributed by atoms with van der Waals surface area (Å²) in [5, 5.41) is 8.72. The fourth-order valence-electron chi connectivity index (χ4n) is 1.24. The first-order chi connectivity index (χ1) is 6.27. The van der Waals surface area contributed by atoms with Crippen molar-refractivity contribution in [1.29, 1.82) is 0 Å². The molecule has 14 heavy (non-hydrogen) atoms. The molecule has 0 spiro atoms. The first-order valence-electron chi connectivity index (χ1n) is 3.93. The molecule has 3 nitrogen and oxygen atoms in total. The molecule has 0 bridgehead atoms. The molecule has 0 aliphatic carbocycles. The van der Waals surface area contributed by atoms with E-state index < -0.39 is 5.97 Å². The van der Waals surface area contributed by atoms with E-state index in [1.165, 1.54) is 0 Å². The fourth-order valence-corrected chi connectivity index (χ4v) is 1.24. The molecule has 1 heterocycles. The summed E-state index contributed by atoms with van der Waals surface area (Å²) in [5.74, 6) is -0.179. The van der Waals surface area contributed by atoms with Crippen LogP contribution in [0.3, 0.4) is 0 Å². The molecular formula is C10H9NaO3. The van der Waals surface area contributed by atoms with Gasteiger partial charge >= 0.3 is 35.5 Å². The summed E-state index contributed by atoms with van der Waals surface area (Å²) >= 11 is 0. The third kappa shape index (κ3) is 2.18. The van der Waals surface area contributed by atoms with Crippen LogP contribution in [0.5, 0.6) is 5.75 Å². The van der Waals surface area contributed by atoms with Gasteiger partial charge in [-0.25, -0.2) is 4.79 Å². The number of hydrogen-bond acceptors (Lipinski definition) is 2. The Kier molecular flexibility index (Phi) is 3.75. The standard InChI is InChI=1S/C10H8O3.Na.H/c11-10(12)8-5-7-3-1-2-4-9(7)13-6-8;;/h1-5H,6H2,(H,11,12);;. The van der Waals surface area contributed by atoms with Crippen molar-refractivity contribution >= 4 is 41.6 Å². The summed E-state index contributed by atoms with van der Waals surface area (Å²) in [6.45, 7) is 0.145. The van der Waals surface area contributed by atoms with Crippen LogP contribution < -0.4 is 4.74 Å². The Hall–Kier alpha value is -0.770. The van der Waals surface area contributed by atoms with Crippen LogP contribution in [0.1, 0.15) is 5.56 Å². The number of aliphatic carboxylic acids is 1. The number of carboxylic acids is 1. The van der Waals surface area contributed by atoms with Crippen molar-refractivity contribution < 1.29 is 14.6 Å². The van der Waals surface area contributed by atoms with Gasteiger partial charge in [-0.05, 0) is 12.1 Å². The second-order valence-electron chi connectivity index (χ2n) is 2.80. The minimum absolute atomic E-state index is 0. The predicted molar refractivity (Wildman–Crippen MR) is 54.7 cm³/mol. The van der Waals surface area contributed by atoms with Crippen LogP contribution in [0, 0.1) is 0 Å². The Bertz CT molecular complexity index is 385. The Balaban J connectivity index is 0.000000980. The second kappa shape index (κ2) is 4.64. The first-order valence-corrected chi connectivity index (χ1v) is 3.93. The number of para-hydroxylation sites is 1. The van der Waals surface area contributed by atoms with Crippen molar-refractivity contribution in [1.82, 2.24) is 0 Å². The molecule has 0 saturated carbocycles. The molecule has 0 radical (unpaired) electrons. The molecular weight excluding hydrogens is 191 g/mol. The quantitative estimate of drug-likeness (QED) is 0.685. The molecule has 68 valence electrons. The number of benzene rings is 1. The maximum atomic E-state index is 10.6. The maximum absolute atomic E-state index is 10.6.